The zero-order valence-electron chi connectivity index (χ0n) is 15.4. The summed E-state index contributed by atoms with van der Waals surface area (Å²) in [5, 5.41) is 0. The summed E-state index contributed by atoms with van der Waals surface area (Å²) in [6.45, 7) is 17.6. The first-order valence-corrected chi connectivity index (χ1v) is 8.20. The number of amides is 1. The number of carbonyl (C=O) groups excluding carboxylic acids is 1. The van der Waals surface area contributed by atoms with Crippen LogP contribution in [0.3, 0.4) is 0 Å². The molecule has 0 spiro atoms. The Kier molecular flexibility index (Phi) is 8.61. The van der Waals surface area contributed by atoms with Crippen LogP contribution in [0.4, 0.5) is 0 Å². The third kappa shape index (κ3) is 8.08. The highest BCUT2D eigenvalue weighted by Gasteiger charge is 2.28. The van der Waals surface area contributed by atoms with Crippen LogP contribution in [0.2, 0.25) is 0 Å². The van der Waals surface area contributed by atoms with Gasteiger partial charge in [0.2, 0.25) is 5.91 Å². The quantitative estimate of drug-likeness (QED) is 0.579. The molecule has 0 fully saturated rings. The van der Waals surface area contributed by atoms with Crippen LogP contribution < -0.4 is 0 Å². The molecule has 1 atom stereocenters. The second-order valence-corrected chi connectivity index (χ2v) is 7.30. The second-order valence-electron chi connectivity index (χ2n) is 7.30. The second kappa shape index (κ2) is 9.07. The molecule has 122 valence electrons. The Morgan fingerprint density at radius 2 is 1.71 bits per heavy atom. The Morgan fingerprint density at radius 1 is 1.14 bits per heavy atom. The van der Waals surface area contributed by atoms with Gasteiger partial charge >= 0.3 is 0 Å². The van der Waals surface area contributed by atoms with E-state index in [1.54, 1.807) is 0 Å². The number of hydrogen-bond acceptors (Lipinski definition) is 1. The molecule has 21 heavy (non-hydrogen) atoms. The first-order valence-electron chi connectivity index (χ1n) is 8.20. The summed E-state index contributed by atoms with van der Waals surface area (Å²) in [7, 11) is 0. The van der Waals surface area contributed by atoms with Gasteiger partial charge in [0.05, 0.1) is 0 Å². The van der Waals surface area contributed by atoms with E-state index in [1.165, 1.54) is 11.1 Å². The van der Waals surface area contributed by atoms with Gasteiger partial charge in [-0.1, -0.05) is 37.1 Å². The lowest BCUT2D eigenvalue weighted by atomic mass is 10.00. The fraction of sp³-hybridized carbons (Fsp3) is 0.737. The Labute approximate surface area is 132 Å². The minimum Gasteiger partial charge on any atom is -0.334 e. The van der Waals surface area contributed by atoms with Crippen LogP contribution in [0, 0.1) is 5.92 Å². The Morgan fingerprint density at radius 3 is 2.14 bits per heavy atom. The monoisotopic (exact) mass is 293 g/mol. The number of allylic oxidation sites excluding steroid dienone is 3. The van der Waals surface area contributed by atoms with Crippen LogP contribution >= 0.6 is 0 Å². The Hall–Kier alpha value is -1.05. The first-order chi connectivity index (χ1) is 9.59. The van der Waals surface area contributed by atoms with Gasteiger partial charge < -0.3 is 4.90 Å². The maximum absolute atomic E-state index is 12.5. The molecule has 0 bridgehead atoms. The van der Waals surface area contributed by atoms with Crippen molar-refractivity contribution in [2.75, 3.05) is 6.54 Å². The summed E-state index contributed by atoms with van der Waals surface area (Å²) in [6.07, 6.45) is 7.53. The summed E-state index contributed by atoms with van der Waals surface area (Å²) in [4.78, 5) is 14.5. The topological polar surface area (TPSA) is 20.3 Å². The van der Waals surface area contributed by atoms with Crippen LogP contribution in [-0.2, 0) is 4.79 Å². The molecule has 2 nitrogen and oxygen atoms in total. The van der Waals surface area contributed by atoms with Crippen LogP contribution in [0.15, 0.2) is 23.3 Å². The van der Waals surface area contributed by atoms with Gasteiger partial charge in [0.25, 0.3) is 0 Å². The van der Waals surface area contributed by atoms with E-state index in [0.29, 0.717) is 6.54 Å². The molecular formula is C19H35NO. The number of hydrogen-bond donors (Lipinski definition) is 0. The van der Waals surface area contributed by atoms with Crippen LogP contribution in [-0.4, -0.2) is 22.9 Å². The van der Waals surface area contributed by atoms with Crippen LogP contribution in [0.1, 0.15) is 74.7 Å². The minimum absolute atomic E-state index is 0.101. The van der Waals surface area contributed by atoms with Gasteiger partial charge in [0, 0.05) is 18.0 Å². The van der Waals surface area contributed by atoms with Gasteiger partial charge in [-0.25, -0.2) is 0 Å². The molecule has 0 radical (unpaired) electrons. The van der Waals surface area contributed by atoms with Crippen molar-refractivity contribution in [1.82, 2.24) is 4.90 Å². The Balaban J connectivity index is 4.77. The van der Waals surface area contributed by atoms with Crippen molar-refractivity contribution in [1.29, 1.82) is 0 Å². The van der Waals surface area contributed by atoms with E-state index in [9.17, 15) is 4.79 Å². The fourth-order valence-electron chi connectivity index (χ4n) is 2.07. The average molecular weight is 293 g/mol. The van der Waals surface area contributed by atoms with Gasteiger partial charge in [-0.05, 0) is 60.8 Å². The molecule has 0 heterocycles. The lowest BCUT2D eigenvalue weighted by Crippen LogP contribution is -2.47. The van der Waals surface area contributed by atoms with Crippen molar-refractivity contribution < 1.29 is 4.79 Å². The molecule has 0 aromatic heterocycles. The predicted molar refractivity (Wildman–Crippen MR) is 93.3 cm³/mol. The lowest BCUT2D eigenvalue weighted by molar-refractivity contribution is -0.139. The Bertz CT molecular complexity index is 381. The highest BCUT2D eigenvalue weighted by Crippen LogP contribution is 2.19. The standard InChI is InChI=1S/C19H35NO/c1-9-17(5)18(21)20(19(6,7)8)14-13-16(4)12-10-11-15(2)3/h11,13,17H,9-10,12,14H2,1-8H3/b16-13-. The summed E-state index contributed by atoms with van der Waals surface area (Å²) in [5.41, 5.74) is 2.60. The third-order valence-corrected chi connectivity index (χ3v) is 3.82. The van der Waals surface area contributed by atoms with Gasteiger partial charge in [-0.15, -0.1) is 0 Å². The normalized spacial score (nSPS) is 13.8. The van der Waals surface area contributed by atoms with Crippen LogP contribution in [0.5, 0.6) is 0 Å². The molecule has 0 saturated heterocycles. The van der Waals surface area contributed by atoms with E-state index in [2.05, 4.69) is 60.6 Å². The summed E-state index contributed by atoms with van der Waals surface area (Å²) in [6, 6.07) is 0. The van der Waals surface area contributed by atoms with Crippen molar-refractivity contribution in [3.8, 4) is 0 Å². The molecule has 0 saturated carbocycles. The molecule has 0 aliphatic heterocycles. The van der Waals surface area contributed by atoms with Crippen LogP contribution in [0.25, 0.3) is 0 Å². The SMILES string of the molecule is CCC(C)C(=O)N(C/C=C(/C)CCC=C(C)C)C(C)(C)C. The highest BCUT2D eigenvalue weighted by molar-refractivity contribution is 5.79. The van der Waals surface area contributed by atoms with E-state index in [0.717, 1.165) is 19.3 Å². The molecule has 0 aliphatic carbocycles. The minimum atomic E-state index is -0.128. The highest BCUT2D eigenvalue weighted by atomic mass is 16.2. The van der Waals surface area contributed by atoms with E-state index in [1.807, 2.05) is 11.8 Å². The maximum atomic E-state index is 12.5. The summed E-state index contributed by atoms with van der Waals surface area (Å²) >= 11 is 0. The third-order valence-electron chi connectivity index (χ3n) is 3.82. The van der Waals surface area contributed by atoms with Crippen molar-refractivity contribution in [3.05, 3.63) is 23.3 Å². The van der Waals surface area contributed by atoms with Gasteiger partial charge in [0.1, 0.15) is 0 Å². The molecule has 0 N–H and O–H groups in total. The average Bonchev–Trinajstić information content (AvgIpc) is 2.35. The van der Waals surface area contributed by atoms with E-state index >= 15 is 0 Å². The molecule has 2 heteroatoms. The van der Waals surface area contributed by atoms with E-state index < -0.39 is 0 Å². The van der Waals surface area contributed by atoms with Crippen molar-refractivity contribution >= 4 is 5.91 Å². The van der Waals surface area contributed by atoms with Crippen molar-refractivity contribution in [3.63, 3.8) is 0 Å². The molecule has 0 rings (SSSR count). The molecule has 0 aromatic carbocycles. The molecule has 0 aliphatic rings. The number of carbonyl (C=O) groups is 1. The zero-order valence-corrected chi connectivity index (χ0v) is 15.4. The zero-order chi connectivity index (χ0) is 16.6. The van der Waals surface area contributed by atoms with Crippen molar-refractivity contribution in [2.45, 2.75) is 80.2 Å². The largest absolute Gasteiger partial charge is 0.334 e. The van der Waals surface area contributed by atoms with E-state index in [4.69, 9.17) is 0 Å². The number of rotatable bonds is 7. The van der Waals surface area contributed by atoms with Gasteiger partial charge in [-0.2, -0.15) is 0 Å². The molecule has 0 aromatic rings. The first kappa shape index (κ1) is 19.9. The van der Waals surface area contributed by atoms with Gasteiger partial charge in [0.15, 0.2) is 0 Å². The molecule has 1 amide bonds. The maximum Gasteiger partial charge on any atom is 0.226 e. The summed E-state index contributed by atoms with van der Waals surface area (Å²) < 4.78 is 0. The number of nitrogens with zero attached hydrogens (tertiary/aromatic N) is 1. The fourth-order valence-corrected chi connectivity index (χ4v) is 2.07. The van der Waals surface area contributed by atoms with E-state index in [-0.39, 0.29) is 17.4 Å². The molecular weight excluding hydrogens is 258 g/mol. The lowest BCUT2D eigenvalue weighted by Gasteiger charge is -2.37. The van der Waals surface area contributed by atoms with Gasteiger partial charge in [-0.3, -0.25) is 4.79 Å². The molecule has 1 unspecified atom stereocenters. The smallest absolute Gasteiger partial charge is 0.226 e. The predicted octanol–water partition coefficient (Wildman–Crippen LogP) is 5.35. The van der Waals surface area contributed by atoms with Crippen molar-refractivity contribution in [2.24, 2.45) is 5.92 Å². The summed E-state index contributed by atoms with van der Waals surface area (Å²) in [5.74, 6) is 0.363.